The fraction of sp³-hybridized carbons (Fsp3) is 0.176. The van der Waals surface area contributed by atoms with Crippen LogP contribution < -0.4 is 10.2 Å². The van der Waals surface area contributed by atoms with Crippen molar-refractivity contribution in [2.24, 2.45) is 5.10 Å². The maximum Gasteiger partial charge on any atom is 0.197 e. The van der Waals surface area contributed by atoms with Crippen molar-refractivity contribution in [3.8, 4) is 5.75 Å². The summed E-state index contributed by atoms with van der Waals surface area (Å²) < 4.78 is 5.82. The van der Waals surface area contributed by atoms with Crippen molar-refractivity contribution in [2.75, 3.05) is 6.61 Å². The molecule has 2 aromatic rings. The molecule has 2 aliphatic heterocycles. The molecule has 21 heavy (non-hydrogen) atoms. The zero-order valence-electron chi connectivity index (χ0n) is 11.3. The van der Waals surface area contributed by atoms with E-state index in [0.717, 1.165) is 5.56 Å². The van der Waals surface area contributed by atoms with E-state index < -0.39 is 5.54 Å². The molecule has 2 aliphatic rings. The van der Waals surface area contributed by atoms with Crippen LogP contribution in [0, 0.1) is 0 Å². The Kier molecular flexibility index (Phi) is 2.57. The number of hydrogen-bond donors (Lipinski definition) is 1. The Morgan fingerprint density at radius 1 is 1.10 bits per heavy atom. The van der Waals surface area contributed by atoms with Crippen LogP contribution >= 0.6 is 0 Å². The lowest BCUT2D eigenvalue weighted by molar-refractivity contribution is 0.0718. The molecule has 4 rings (SSSR count). The summed E-state index contributed by atoms with van der Waals surface area (Å²) in [5.74, 6) is 0.559. The van der Waals surface area contributed by atoms with Crippen molar-refractivity contribution in [3.05, 3.63) is 65.7 Å². The third-order valence-corrected chi connectivity index (χ3v) is 4.17. The molecule has 2 atom stereocenters. The molecule has 1 N–H and O–H groups in total. The standard InChI is InChI=1S/C17H14N2O2/c20-16-13-8-4-5-9-15(13)21-11-17(16)14(10-18-19-17)12-6-2-1-3-7-12/h1-10,14,19H,11H2/t14-,17+/m0/s1. The van der Waals surface area contributed by atoms with Crippen molar-refractivity contribution in [1.82, 2.24) is 5.43 Å². The minimum absolute atomic E-state index is 0.0377. The second-order valence-corrected chi connectivity index (χ2v) is 5.36. The number of hydrazone groups is 1. The molecule has 0 fully saturated rings. The first kappa shape index (κ1) is 12.1. The number of hydrogen-bond acceptors (Lipinski definition) is 4. The van der Waals surface area contributed by atoms with E-state index in [2.05, 4.69) is 10.5 Å². The van der Waals surface area contributed by atoms with E-state index in [4.69, 9.17) is 4.74 Å². The SMILES string of the molecule is O=C1c2ccccc2OC[C@]12NN=C[C@H]2c1ccccc1. The molecule has 0 unspecified atom stereocenters. The van der Waals surface area contributed by atoms with Gasteiger partial charge in [0.25, 0.3) is 0 Å². The normalized spacial score (nSPS) is 26.3. The number of para-hydroxylation sites is 1. The summed E-state index contributed by atoms with van der Waals surface area (Å²) in [6.45, 7) is 0.280. The summed E-state index contributed by atoms with van der Waals surface area (Å²) in [6, 6.07) is 17.3. The van der Waals surface area contributed by atoms with Crippen LogP contribution in [0.15, 0.2) is 59.7 Å². The van der Waals surface area contributed by atoms with Crippen molar-refractivity contribution in [2.45, 2.75) is 11.5 Å². The molecule has 0 amide bonds. The van der Waals surface area contributed by atoms with Gasteiger partial charge in [0, 0.05) is 6.21 Å². The molecule has 4 heteroatoms. The Morgan fingerprint density at radius 2 is 1.86 bits per heavy atom. The van der Waals surface area contributed by atoms with Gasteiger partial charge in [-0.3, -0.25) is 10.2 Å². The van der Waals surface area contributed by atoms with Gasteiger partial charge in [-0.05, 0) is 17.7 Å². The van der Waals surface area contributed by atoms with Crippen LogP contribution in [0.4, 0.5) is 0 Å². The van der Waals surface area contributed by atoms with E-state index in [0.29, 0.717) is 11.3 Å². The number of ether oxygens (including phenoxy) is 1. The van der Waals surface area contributed by atoms with Gasteiger partial charge in [0.05, 0.1) is 11.5 Å². The average Bonchev–Trinajstić information content (AvgIpc) is 2.97. The second-order valence-electron chi connectivity index (χ2n) is 5.36. The van der Waals surface area contributed by atoms with Crippen molar-refractivity contribution < 1.29 is 9.53 Å². The molecule has 0 aliphatic carbocycles. The van der Waals surface area contributed by atoms with Gasteiger partial charge < -0.3 is 4.74 Å². The number of carbonyl (C=O) groups is 1. The minimum Gasteiger partial charge on any atom is -0.490 e. The van der Waals surface area contributed by atoms with Crippen LogP contribution in [0.25, 0.3) is 0 Å². The number of rotatable bonds is 1. The van der Waals surface area contributed by atoms with E-state index in [-0.39, 0.29) is 18.3 Å². The maximum absolute atomic E-state index is 13.0. The number of fused-ring (bicyclic) bond motifs is 1. The van der Waals surface area contributed by atoms with Crippen LogP contribution in [0.2, 0.25) is 0 Å². The second kappa shape index (κ2) is 4.45. The van der Waals surface area contributed by atoms with Crippen molar-refractivity contribution >= 4 is 12.0 Å². The molecule has 0 saturated carbocycles. The Balaban J connectivity index is 1.80. The smallest absolute Gasteiger partial charge is 0.197 e. The third-order valence-electron chi connectivity index (χ3n) is 4.17. The Labute approximate surface area is 122 Å². The molecule has 0 bridgehead atoms. The molecule has 0 saturated heterocycles. The van der Waals surface area contributed by atoms with Crippen molar-refractivity contribution in [3.63, 3.8) is 0 Å². The Bertz CT molecular complexity index is 727. The van der Waals surface area contributed by atoms with Crippen molar-refractivity contribution in [1.29, 1.82) is 0 Å². The van der Waals surface area contributed by atoms with Crippen LogP contribution in [0.5, 0.6) is 5.75 Å². The summed E-state index contributed by atoms with van der Waals surface area (Å²) in [5.41, 5.74) is 3.84. The van der Waals surface area contributed by atoms with Crippen LogP contribution in [-0.4, -0.2) is 24.1 Å². The highest BCUT2D eigenvalue weighted by Crippen LogP contribution is 2.39. The van der Waals surface area contributed by atoms with E-state index in [1.165, 1.54) is 0 Å². The van der Waals surface area contributed by atoms with E-state index in [1.54, 1.807) is 12.3 Å². The van der Waals surface area contributed by atoms with E-state index in [9.17, 15) is 4.79 Å². The number of nitrogens with zero attached hydrogens (tertiary/aromatic N) is 1. The first-order chi connectivity index (χ1) is 10.3. The summed E-state index contributed by atoms with van der Waals surface area (Å²) in [6.07, 6.45) is 1.80. The van der Waals surface area contributed by atoms with Gasteiger partial charge in [-0.1, -0.05) is 42.5 Å². The first-order valence-electron chi connectivity index (χ1n) is 6.93. The summed E-state index contributed by atoms with van der Waals surface area (Å²) in [5, 5.41) is 4.17. The zero-order chi connectivity index (χ0) is 14.3. The molecule has 1 spiro atoms. The first-order valence-corrected chi connectivity index (χ1v) is 6.93. The summed E-state index contributed by atoms with van der Waals surface area (Å²) in [7, 11) is 0. The number of benzene rings is 2. The topological polar surface area (TPSA) is 50.7 Å². The molecule has 2 heterocycles. The highest BCUT2D eigenvalue weighted by atomic mass is 16.5. The lowest BCUT2D eigenvalue weighted by Gasteiger charge is -2.36. The number of nitrogens with one attached hydrogen (secondary N) is 1. The minimum atomic E-state index is -0.838. The van der Waals surface area contributed by atoms with Gasteiger partial charge in [0.15, 0.2) is 11.3 Å². The summed E-state index contributed by atoms with van der Waals surface area (Å²) >= 11 is 0. The fourth-order valence-electron chi connectivity index (χ4n) is 3.05. The zero-order valence-corrected chi connectivity index (χ0v) is 11.3. The number of carbonyl (C=O) groups excluding carboxylic acids is 1. The molecule has 0 aromatic heterocycles. The number of Topliss-reactive ketones (excluding diaryl/α,β-unsaturated/α-hetero) is 1. The van der Waals surface area contributed by atoms with E-state index >= 15 is 0 Å². The average molecular weight is 278 g/mol. The predicted octanol–water partition coefficient (Wildman–Crippen LogP) is 2.37. The largest absolute Gasteiger partial charge is 0.490 e. The van der Waals surface area contributed by atoms with Crippen LogP contribution in [-0.2, 0) is 0 Å². The lowest BCUT2D eigenvalue weighted by atomic mass is 9.75. The van der Waals surface area contributed by atoms with Crippen LogP contribution in [0.3, 0.4) is 0 Å². The molecule has 0 radical (unpaired) electrons. The highest BCUT2D eigenvalue weighted by molar-refractivity contribution is 6.09. The molecule has 4 nitrogen and oxygen atoms in total. The maximum atomic E-state index is 13.0. The van der Waals surface area contributed by atoms with E-state index in [1.807, 2.05) is 48.5 Å². The molecular formula is C17H14N2O2. The fourth-order valence-corrected chi connectivity index (χ4v) is 3.05. The third kappa shape index (κ3) is 1.69. The lowest BCUT2D eigenvalue weighted by Crippen LogP contribution is -2.58. The van der Waals surface area contributed by atoms with Gasteiger partial charge in [0.2, 0.25) is 0 Å². The van der Waals surface area contributed by atoms with Gasteiger partial charge in [0.1, 0.15) is 12.4 Å². The highest BCUT2D eigenvalue weighted by Gasteiger charge is 2.52. The summed E-state index contributed by atoms with van der Waals surface area (Å²) in [4.78, 5) is 13.0. The van der Waals surface area contributed by atoms with Gasteiger partial charge in [-0.15, -0.1) is 0 Å². The molecule has 104 valence electrons. The Hall–Kier alpha value is -2.62. The monoisotopic (exact) mass is 278 g/mol. The van der Waals surface area contributed by atoms with Gasteiger partial charge in [-0.25, -0.2) is 0 Å². The van der Waals surface area contributed by atoms with Crippen LogP contribution in [0.1, 0.15) is 21.8 Å². The molecular weight excluding hydrogens is 264 g/mol. The predicted molar refractivity (Wildman–Crippen MR) is 79.8 cm³/mol. The molecule has 2 aromatic carbocycles. The quantitative estimate of drug-likeness (QED) is 0.871. The Morgan fingerprint density at radius 3 is 2.71 bits per heavy atom. The van der Waals surface area contributed by atoms with Gasteiger partial charge in [-0.2, -0.15) is 5.10 Å². The number of ketones is 1. The van der Waals surface area contributed by atoms with Gasteiger partial charge >= 0.3 is 0 Å².